The second-order valence-corrected chi connectivity index (χ2v) is 12.7. The Labute approximate surface area is 319 Å². The van der Waals surface area contributed by atoms with E-state index in [9.17, 15) is 9.59 Å². The zero-order valence-corrected chi connectivity index (χ0v) is 30.1. The largest absolute Gasteiger partial charge is 0.371 e. The van der Waals surface area contributed by atoms with Crippen molar-refractivity contribution in [2.45, 2.75) is 12.2 Å². The van der Waals surface area contributed by atoms with Gasteiger partial charge in [-0.1, -0.05) is 47.5 Å². The van der Waals surface area contributed by atoms with Gasteiger partial charge in [-0.25, -0.2) is 29.3 Å². The number of hydrogen-bond acceptors (Lipinski definition) is 12. The number of anilines is 2. The molecule has 2 amide bonds. The van der Waals surface area contributed by atoms with Gasteiger partial charge in [-0.2, -0.15) is 10.2 Å². The number of morpholine rings is 2. The lowest BCUT2D eigenvalue weighted by Crippen LogP contribution is -2.33. The van der Waals surface area contributed by atoms with Crippen LogP contribution in [0.25, 0.3) is 11.6 Å². The molecule has 2 aliphatic rings. The first-order chi connectivity index (χ1) is 26.4. The van der Waals surface area contributed by atoms with Gasteiger partial charge in [0.05, 0.1) is 37.8 Å². The maximum Gasteiger partial charge on any atom is 0.276 e. The third-order valence-corrected chi connectivity index (χ3v) is 8.74. The maximum absolute atomic E-state index is 12.4. The summed E-state index contributed by atoms with van der Waals surface area (Å²) in [5, 5.41) is 21.2. The fraction of sp³-hybridized carbons (Fsp3) is 0.222. The summed E-state index contributed by atoms with van der Waals surface area (Å²) in [4.78, 5) is 41.0. The van der Waals surface area contributed by atoms with E-state index < -0.39 is 0 Å². The van der Waals surface area contributed by atoms with E-state index in [0.717, 1.165) is 37.3 Å². The summed E-state index contributed by atoms with van der Waals surface area (Å²) in [7, 11) is 0. The van der Waals surface area contributed by atoms with Crippen LogP contribution in [0.15, 0.2) is 97.8 Å². The molecule has 54 heavy (non-hydrogen) atoms. The number of ether oxygens (including phenoxy) is 2. The lowest BCUT2D eigenvalue weighted by Gasteiger charge is -2.24. The number of benzene rings is 2. The van der Waals surface area contributed by atoms with Crippen LogP contribution < -0.4 is 21.3 Å². The first-order valence-corrected chi connectivity index (χ1v) is 17.7. The smallest absolute Gasteiger partial charge is 0.276 e. The van der Waals surface area contributed by atoms with E-state index >= 15 is 0 Å². The fourth-order valence-corrected chi connectivity index (χ4v) is 5.83. The van der Waals surface area contributed by atoms with Gasteiger partial charge in [-0.05, 0) is 47.5 Å². The zero-order valence-electron chi connectivity index (χ0n) is 28.6. The highest BCUT2D eigenvalue weighted by molar-refractivity contribution is 6.30. The Morgan fingerprint density at radius 2 is 1.20 bits per heavy atom. The van der Waals surface area contributed by atoms with E-state index in [2.05, 4.69) is 51.4 Å². The second kappa shape index (κ2) is 17.5. The minimum atomic E-state index is -0.322. The first-order valence-electron chi connectivity index (χ1n) is 16.9. The Morgan fingerprint density at radius 1 is 0.667 bits per heavy atom. The molecule has 6 aromatic rings. The van der Waals surface area contributed by atoms with Crippen molar-refractivity contribution in [2.24, 2.45) is 0 Å². The Morgan fingerprint density at radius 3 is 1.70 bits per heavy atom. The number of hydrogen-bond donors (Lipinski definition) is 4. The van der Waals surface area contributed by atoms with Crippen molar-refractivity contribution in [3.05, 3.63) is 131 Å². The molecule has 2 saturated heterocycles. The average molecular weight is 770 g/mol. The topological polar surface area (TPSA) is 188 Å². The minimum absolute atomic E-state index is 0.0379. The summed E-state index contributed by atoms with van der Waals surface area (Å²) in [5.74, 6) is 0.212. The molecule has 4 aromatic heterocycles. The van der Waals surface area contributed by atoms with Crippen LogP contribution in [0.1, 0.15) is 44.3 Å². The number of rotatable bonds is 8. The summed E-state index contributed by atoms with van der Waals surface area (Å²) in [6, 6.07) is 18.4. The number of carbonyl (C=O) groups excluding carboxylic acids is 2. The van der Waals surface area contributed by atoms with Crippen LogP contribution in [0.2, 0.25) is 10.3 Å². The number of halogens is 2. The molecule has 0 saturated carbocycles. The van der Waals surface area contributed by atoms with Crippen LogP contribution in [0.5, 0.6) is 0 Å². The van der Waals surface area contributed by atoms with Gasteiger partial charge in [0.15, 0.2) is 28.2 Å². The highest BCUT2D eigenvalue weighted by Crippen LogP contribution is 2.23. The molecule has 18 heteroatoms. The van der Waals surface area contributed by atoms with Crippen LogP contribution in [0.3, 0.4) is 0 Å². The quantitative estimate of drug-likeness (QED) is 0.171. The lowest BCUT2D eigenvalue weighted by molar-refractivity contribution is 0.0276. The molecule has 6 heterocycles. The van der Waals surface area contributed by atoms with Gasteiger partial charge in [0.2, 0.25) is 0 Å². The van der Waals surface area contributed by atoms with E-state index in [1.807, 2.05) is 48.5 Å². The molecule has 0 radical (unpaired) electrons. The van der Waals surface area contributed by atoms with Crippen molar-refractivity contribution in [2.75, 3.05) is 50.0 Å². The van der Waals surface area contributed by atoms with E-state index in [0.29, 0.717) is 41.4 Å². The molecule has 4 N–H and O–H groups in total. The molecule has 8 rings (SSSR count). The molecule has 0 unspecified atom stereocenters. The number of nitrogens with one attached hydrogen (secondary N) is 4. The number of nitrogens with zero attached hydrogens (tertiary/aromatic N) is 8. The van der Waals surface area contributed by atoms with E-state index in [-0.39, 0.29) is 40.6 Å². The normalized spacial score (nSPS) is 16.9. The van der Waals surface area contributed by atoms with Crippen molar-refractivity contribution < 1.29 is 19.1 Å². The monoisotopic (exact) mass is 768 g/mol. The average Bonchev–Trinajstić information content (AvgIpc) is 3.92. The fourth-order valence-electron chi connectivity index (χ4n) is 5.54. The summed E-state index contributed by atoms with van der Waals surface area (Å²) in [6.45, 7) is 4.71. The molecule has 16 nitrogen and oxygen atoms in total. The van der Waals surface area contributed by atoms with Gasteiger partial charge in [0, 0.05) is 62.3 Å². The van der Waals surface area contributed by atoms with Gasteiger partial charge in [-0.3, -0.25) is 9.59 Å². The van der Waals surface area contributed by atoms with Gasteiger partial charge < -0.3 is 30.7 Å². The lowest BCUT2D eigenvalue weighted by atomic mass is 10.1. The van der Waals surface area contributed by atoms with E-state index in [4.69, 9.17) is 32.7 Å². The molecule has 0 aliphatic carbocycles. The highest BCUT2D eigenvalue weighted by atomic mass is 35.5. The minimum Gasteiger partial charge on any atom is -0.371 e. The summed E-state index contributed by atoms with van der Waals surface area (Å²) in [6.07, 6.45) is 9.24. The molecule has 0 spiro atoms. The molecule has 0 bridgehead atoms. The van der Waals surface area contributed by atoms with Gasteiger partial charge in [0.25, 0.3) is 11.8 Å². The number of carbonyl (C=O) groups is 2. The Bertz CT molecular complexity index is 2170. The maximum atomic E-state index is 12.4. The van der Waals surface area contributed by atoms with Crippen LogP contribution in [-0.2, 0) is 9.47 Å². The van der Waals surface area contributed by atoms with Crippen molar-refractivity contribution in [3.63, 3.8) is 0 Å². The third kappa shape index (κ3) is 9.29. The summed E-state index contributed by atoms with van der Waals surface area (Å²) < 4.78 is 14.3. The number of amides is 2. The van der Waals surface area contributed by atoms with Crippen molar-refractivity contribution >= 4 is 46.4 Å². The number of aromatic nitrogens is 8. The molecule has 2 fully saturated rings. The zero-order chi connectivity index (χ0) is 37.3. The first kappa shape index (κ1) is 36.7. The third-order valence-electron chi connectivity index (χ3n) is 8.27. The molecule has 2 aromatic carbocycles. The molecular formula is C36H34Cl2N12O4. The van der Waals surface area contributed by atoms with Crippen LogP contribution in [0.4, 0.5) is 11.4 Å². The van der Waals surface area contributed by atoms with Crippen molar-refractivity contribution in [1.82, 2.24) is 50.1 Å². The Kier molecular flexibility index (Phi) is 11.9. The van der Waals surface area contributed by atoms with Crippen molar-refractivity contribution in [1.29, 1.82) is 0 Å². The Hall–Kier alpha value is -5.62. The van der Waals surface area contributed by atoms with Gasteiger partial charge >= 0.3 is 0 Å². The van der Waals surface area contributed by atoms with Crippen LogP contribution >= 0.6 is 23.2 Å². The predicted molar refractivity (Wildman–Crippen MR) is 200 cm³/mol. The molecule has 276 valence electrons. The SMILES string of the molecule is O=C(Nc1ccc([C@H]2CNCCO2)cc1)c1ccn(-c2cnc(Cl)cn2)n1.O=C(Nc1ccc([C@H]2CNCCO2)cc1)c1ccn(-c2nccnc2Cl)n1. The van der Waals surface area contributed by atoms with Crippen molar-refractivity contribution in [3.8, 4) is 11.6 Å². The molecule has 2 aliphatic heterocycles. The van der Waals surface area contributed by atoms with Gasteiger partial charge in [0.1, 0.15) is 5.15 Å². The van der Waals surface area contributed by atoms with Gasteiger partial charge in [-0.15, -0.1) is 0 Å². The standard InChI is InChI=1S/2C18H17ClN6O2/c19-16-17(22-7-6-21-16)25-9-5-14(24-25)18(26)23-13-3-1-12(2-4-13)15-11-20-8-10-27-15;19-16-10-22-17(11-21-16)25-7-5-14(24-25)18(26)23-13-3-1-12(2-4-13)15-9-20-6-8-27-15/h1-7,9,15,20H,8,10-11H2,(H,23,26);1-5,7,10-11,15,20H,6,8-9H2,(H,23,26)/t2*15-/m11/s1. The predicted octanol–water partition coefficient (Wildman–Crippen LogP) is 4.46. The van der Waals surface area contributed by atoms with Crippen LogP contribution in [0, 0.1) is 0 Å². The molecular weight excluding hydrogens is 735 g/mol. The molecule has 2 atom stereocenters. The van der Waals surface area contributed by atoms with E-state index in [1.54, 1.807) is 24.5 Å². The van der Waals surface area contributed by atoms with E-state index in [1.165, 1.54) is 34.2 Å². The second-order valence-electron chi connectivity index (χ2n) is 11.9. The summed E-state index contributed by atoms with van der Waals surface area (Å²) in [5.41, 5.74) is 4.04. The highest BCUT2D eigenvalue weighted by Gasteiger charge is 2.18. The van der Waals surface area contributed by atoms with Crippen LogP contribution in [-0.4, -0.2) is 90.7 Å². The summed E-state index contributed by atoms with van der Waals surface area (Å²) >= 11 is 11.7. The Balaban J connectivity index is 0.000000167.